The summed E-state index contributed by atoms with van der Waals surface area (Å²) in [6.45, 7) is 2.28. The number of anilines is 4. The second-order valence-electron chi connectivity index (χ2n) is 22.5. The molecule has 0 radical (unpaired) electrons. The molecule has 34 heteroatoms. The Morgan fingerprint density at radius 3 is 1.63 bits per heavy atom. The number of Topliss-reactive ketones (excluding diaryl/α,β-unsaturated/α-hetero) is 2. The summed E-state index contributed by atoms with van der Waals surface area (Å²) in [5, 5.41) is 32.7. The summed E-state index contributed by atoms with van der Waals surface area (Å²) in [4.78, 5) is 74.3. The summed E-state index contributed by atoms with van der Waals surface area (Å²) < 4.78 is 121. The van der Waals surface area contributed by atoms with E-state index in [4.69, 9.17) is 38.4 Å². The fourth-order valence-electron chi connectivity index (χ4n) is 10.8. The molecule has 12 rings (SSSR count). The lowest BCUT2D eigenvalue weighted by Gasteiger charge is -2.23. The molecule has 25 nitrogen and oxygen atoms in total. The van der Waals surface area contributed by atoms with Crippen molar-refractivity contribution in [2.75, 3.05) is 34.4 Å². The molecule has 0 aliphatic carbocycles. The number of hydrogen-bond acceptors (Lipinski definition) is 17. The highest BCUT2D eigenvalue weighted by molar-refractivity contribution is 8.13. The van der Waals surface area contributed by atoms with Crippen molar-refractivity contribution in [1.29, 1.82) is 0 Å². The average Bonchev–Trinajstić information content (AvgIpc) is 1.65. The number of urea groups is 1. The van der Waals surface area contributed by atoms with Crippen LogP contribution in [0.1, 0.15) is 65.5 Å². The lowest BCUT2D eigenvalue weighted by atomic mass is 10.0. The minimum absolute atomic E-state index is 0.0446. The number of rotatable bonds is 20. The van der Waals surface area contributed by atoms with Crippen LogP contribution in [0.25, 0.3) is 44.1 Å². The van der Waals surface area contributed by atoms with Gasteiger partial charge in [0.25, 0.3) is 9.05 Å². The van der Waals surface area contributed by atoms with E-state index in [1.807, 2.05) is 0 Å². The summed E-state index contributed by atoms with van der Waals surface area (Å²) in [5.41, 5.74) is 3.79. The van der Waals surface area contributed by atoms with Crippen molar-refractivity contribution >= 4 is 133 Å². The monoisotopic (exact) mass is 1460 g/mol. The zero-order chi connectivity index (χ0) is 70.9. The van der Waals surface area contributed by atoms with Gasteiger partial charge < -0.3 is 40.9 Å². The molecule has 0 bridgehead atoms. The van der Waals surface area contributed by atoms with Crippen LogP contribution in [0.15, 0.2) is 155 Å². The second-order valence-corrected chi connectivity index (χ2v) is 28.0. The lowest BCUT2D eigenvalue weighted by molar-refractivity contribution is -0.119. The fourth-order valence-corrected chi connectivity index (χ4v) is 13.6. The highest BCUT2D eigenvalue weighted by atomic mass is 35.7. The summed E-state index contributed by atoms with van der Waals surface area (Å²) in [5.74, 6) is -5.26. The molecule has 99 heavy (non-hydrogen) atoms. The molecule has 2 saturated heterocycles. The minimum atomic E-state index is -4.43. The van der Waals surface area contributed by atoms with Crippen LogP contribution in [0, 0.1) is 11.6 Å². The Morgan fingerprint density at radius 2 is 1.12 bits per heavy atom. The normalized spacial score (nSPS) is 16.1. The van der Waals surface area contributed by atoms with Crippen LogP contribution in [0.5, 0.6) is 0 Å². The Kier molecular flexibility index (Phi) is 22.7. The Hall–Kier alpha value is -9.89. The molecular formula is C65H58Cl3F4N13O12S2. The number of fused-ring (bicyclic) bond motifs is 2. The van der Waals surface area contributed by atoms with Gasteiger partial charge in [-0.3, -0.25) is 24.0 Å². The SMILES string of the molecule is CC(=O)c1nn(CS(=O)(=O)Cl)c2ccc(NC(=O)NCc3ccon3)cc12.CC(=O)c1nn(CS(=O)(=O)N2C[C@H](F)C[C@H]2C(=O)Nc2cccc(-c3ccccc3Cl)c2F)c2ccc(NC(=O)CCc3ccon3)cc12.O=C(Nc1cccc(-c2ccccc2Cl)c1F)[C@@H]1C[C@@H](F)CN1. The molecule has 0 saturated carbocycles. The molecule has 0 unspecified atom stereocenters. The molecule has 516 valence electrons. The maximum absolute atomic E-state index is 15.5. The van der Waals surface area contributed by atoms with Crippen molar-refractivity contribution < 1.29 is 72.2 Å². The Morgan fingerprint density at radius 1 is 0.606 bits per heavy atom. The first-order chi connectivity index (χ1) is 47.2. The number of benzene rings is 6. The quantitative estimate of drug-likeness (QED) is 0.0234. The Bertz CT molecular complexity index is 4930. The standard InChI is InChI=1S/C33H29ClF2N6O6S.C17H15ClF2N2O.C15H14ClN5O5S/c1-19(43)32-25-16-22(37-30(44)12-10-21-13-14-48-40-21)9-11-28(25)41(39-32)18-49(46,47)42-17-20(35)15-29(42)33(45)38-27-8-4-6-24(31(27)36)23-5-2-3-7-26(23)34;18-13-6-2-1-4-11(13)12-5-3-7-14(16(12)20)22-17(23)15-8-10(19)9-21-15;1-9(22)14-12-6-10(18-15(23)17-7-11-4-5-26-20-11)2-3-13(12)21(19-14)8-27(16,24)25/h2-9,11,13-14,16,20,29H,10,12,15,17-18H2,1H3,(H,37,44)(H,38,45);1-7,10,15,21H,8-9H2,(H,22,23);2-6H,7-8H2,1H3,(H2,17,18,23)/t20-,29+;10-,15+;/m11./s1. The molecule has 5 amide bonds. The minimum Gasteiger partial charge on any atom is -0.365 e. The number of hydrogen-bond donors (Lipinski definition) is 6. The number of sulfonamides is 1. The van der Waals surface area contributed by atoms with Gasteiger partial charge in [-0.15, -0.1) is 0 Å². The molecule has 4 aromatic heterocycles. The number of aromatic nitrogens is 6. The summed E-state index contributed by atoms with van der Waals surface area (Å²) in [6.07, 6.45) is 0.186. The lowest BCUT2D eigenvalue weighted by Crippen LogP contribution is -2.44. The van der Waals surface area contributed by atoms with Crippen LogP contribution in [0.2, 0.25) is 10.0 Å². The molecule has 4 atom stereocenters. The number of alkyl halides is 2. The second kappa shape index (κ2) is 31.3. The maximum atomic E-state index is 15.5. The number of nitrogens with one attached hydrogen (secondary N) is 6. The van der Waals surface area contributed by atoms with Gasteiger partial charge in [0.15, 0.2) is 35.0 Å². The van der Waals surface area contributed by atoms with E-state index in [1.54, 1.807) is 84.9 Å². The fraction of sp³-hybridized carbons (Fsp3) is 0.231. The third-order valence-electron chi connectivity index (χ3n) is 15.4. The van der Waals surface area contributed by atoms with Crippen LogP contribution < -0.4 is 31.9 Å². The van der Waals surface area contributed by atoms with Crippen LogP contribution in [0.4, 0.5) is 45.1 Å². The van der Waals surface area contributed by atoms with E-state index < -0.39 is 103 Å². The summed E-state index contributed by atoms with van der Waals surface area (Å²) in [7, 11) is -3.02. The molecule has 2 aliphatic rings. The third kappa shape index (κ3) is 17.9. The van der Waals surface area contributed by atoms with Gasteiger partial charge in [-0.05, 0) is 60.7 Å². The van der Waals surface area contributed by atoms with Gasteiger partial charge in [0, 0.05) is 130 Å². The van der Waals surface area contributed by atoms with Crippen molar-refractivity contribution in [3.63, 3.8) is 0 Å². The van der Waals surface area contributed by atoms with E-state index >= 15 is 4.39 Å². The summed E-state index contributed by atoms with van der Waals surface area (Å²) in [6, 6.07) is 32.3. The van der Waals surface area contributed by atoms with Gasteiger partial charge in [-0.25, -0.2) is 48.6 Å². The van der Waals surface area contributed by atoms with Gasteiger partial charge in [0.2, 0.25) is 27.7 Å². The van der Waals surface area contributed by atoms with Crippen molar-refractivity contribution in [3.8, 4) is 22.3 Å². The smallest absolute Gasteiger partial charge is 0.319 e. The number of carbonyl (C=O) groups is 6. The molecular weight excluding hydrogens is 1400 g/mol. The molecule has 0 spiro atoms. The van der Waals surface area contributed by atoms with E-state index in [9.17, 15) is 58.8 Å². The number of nitrogens with zero attached hydrogens (tertiary/aromatic N) is 7. The molecule has 10 aromatic rings. The number of halogens is 7. The number of ketones is 2. The Balaban J connectivity index is 0.000000178. The molecule has 6 aromatic carbocycles. The first-order valence-corrected chi connectivity index (χ1v) is 34.8. The molecule has 2 aliphatic heterocycles. The van der Waals surface area contributed by atoms with E-state index in [0.717, 1.165) is 13.7 Å². The van der Waals surface area contributed by atoms with E-state index in [0.29, 0.717) is 61.8 Å². The van der Waals surface area contributed by atoms with Crippen LogP contribution in [-0.2, 0) is 58.2 Å². The van der Waals surface area contributed by atoms with E-state index in [2.05, 4.69) is 56.9 Å². The predicted molar refractivity (Wildman–Crippen MR) is 361 cm³/mol. The van der Waals surface area contributed by atoms with E-state index in [1.165, 1.54) is 74.9 Å². The number of carbonyl (C=O) groups excluding carboxylic acids is 6. The topological polar surface area (TPSA) is 334 Å². The summed E-state index contributed by atoms with van der Waals surface area (Å²) >= 11 is 12.3. The largest absolute Gasteiger partial charge is 0.365 e. The van der Waals surface area contributed by atoms with Gasteiger partial charge in [-0.2, -0.15) is 14.5 Å². The van der Waals surface area contributed by atoms with E-state index in [-0.39, 0.29) is 81.9 Å². The van der Waals surface area contributed by atoms with Crippen LogP contribution >= 0.6 is 33.9 Å². The Labute approximate surface area is 575 Å². The van der Waals surface area contributed by atoms with Crippen molar-refractivity contribution in [2.24, 2.45) is 0 Å². The maximum Gasteiger partial charge on any atom is 0.319 e. The zero-order valence-corrected chi connectivity index (χ0v) is 55.9. The predicted octanol–water partition coefficient (Wildman–Crippen LogP) is 11.5. The van der Waals surface area contributed by atoms with Gasteiger partial charge >= 0.3 is 6.03 Å². The number of amides is 5. The first-order valence-electron chi connectivity index (χ1n) is 30.0. The van der Waals surface area contributed by atoms with Crippen LogP contribution in [0.3, 0.4) is 0 Å². The highest BCUT2D eigenvalue weighted by Crippen LogP contribution is 2.36. The highest BCUT2D eigenvalue weighted by Gasteiger charge is 2.44. The molecule has 6 N–H and O–H groups in total. The zero-order valence-electron chi connectivity index (χ0n) is 52.0. The third-order valence-corrected chi connectivity index (χ3v) is 18.6. The molecule has 6 heterocycles. The van der Waals surface area contributed by atoms with Crippen molar-refractivity contribution in [1.82, 2.24) is 44.8 Å². The van der Waals surface area contributed by atoms with Gasteiger partial charge in [0.05, 0.1) is 40.7 Å². The van der Waals surface area contributed by atoms with Gasteiger partial charge in [-0.1, -0.05) is 94.2 Å². The van der Waals surface area contributed by atoms with Crippen molar-refractivity contribution in [3.05, 3.63) is 190 Å². The average molecular weight is 1460 g/mol. The van der Waals surface area contributed by atoms with Gasteiger partial charge in [0.1, 0.15) is 48.0 Å². The van der Waals surface area contributed by atoms with Crippen molar-refractivity contribution in [2.45, 2.75) is 82.3 Å². The number of aryl methyl sites for hydroxylation is 1. The van der Waals surface area contributed by atoms with Crippen LogP contribution in [-0.4, -0.2) is 124 Å². The molecule has 2 fully saturated rings. The first kappa shape index (κ1) is 71.9.